The minimum absolute atomic E-state index is 0.0214. The van der Waals surface area contributed by atoms with Crippen molar-refractivity contribution in [3.05, 3.63) is 53.6 Å². The smallest absolute Gasteiger partial charge is 0.247 e. The zero-order valence-electron chi connectivity index (χ0n) is 19.2. The summed E-state index contributed by atoms with van der Waals surface area (Å²) in [6.07, 6.45) is 2.51. The van der Waals surface area contributed by atoms with Gasteiger partial charge in [-0.2, -0.15) is 4.31 Å². The molecule has 0 unspecified atom stereocenters. The molecule has 0 aromatic heterocycles. The molecule has 3 aliphatic rings. The molecule has 0 saturated carbocycles. The highest BCUT2D eigenvalue weighted by Gasteiger charge is 2.46. The number of sulfonamides is 1. The molecule has 0 bridgehead atoms. The Hall–Kier alpha value is -2.71. The van der Waals surface area contributed by atoms with Crippen LogP contribution in [0.4, 0.5) is 11.4 Å². The lowest BCUT2D eigenvalue weighted by Gasteiger charge is -2.26. The van der Waals surface area contributed by atoms with E-state index in [-0.39, 0.29) is 29.3 Å². The molecule has 0 spiro atoms. The van der Waals surface area contributed by atoms with Crippen LogP contribution in [0.25, 0.3) is 0 Å². The van der Waals surface area contributed by atoms with E-state index in [1.807, 2.05) is 31.2 Å². The Morgan fingerprint density at radius 1 is 1.06 bits per heavy atom. The Labute approximate surface area is 195 Å². The fourth-order valence-corrected chi connectivity index (χ4v) is 6.91. The van der Waals surface area contributed by atoms with Crippen molar-refractivity contribution in [1.82, 2.24) is 4.31 Å². The molecule has 8 heteroatoms. The maximum absolute atomic E-state index is 13.4. The van der Waals surface area contributed by atoms with Crippen LogP contribution in [0.2, 0.25) is 0 Å². The van der Waals surface area contributed by atoms with Crippen LogP contribution in [0.15, 0.2) is 47.4 Å². The summed E-state index contributed by atoms with van der Waals surface area (Å²) in [7, 11) is -3.59. The Bertz CT molecular complexity index is 1250. The van der Waals surface area contributed by atoms with Crippen LogP contribution in [0, 0.1) is 0 Å². The van der Waals surface area contributed by atoms with Gasteiger partial charge in [0.15, 0.2) is 0 Å². The summed E-state index contributed by atoms with van der Waals surface area (Å²) in [5.74, 6) is -0.333. The monoisotopic (exact) mass is 467 g/mol. The first-order chi connectivity index (χ1) is 15.6. The molecule has 2 amide bonds. The van der Waals surface area contributed by atoms with Crippen molar-refractivity contribution < 1.29 is 18.0 Å². The van der Waals surface area contributed by atoms with Crippen molar-refractivity contribution in [1.29, 1.82) is 0 Å². The predicted octanol–water partition coefficient (Wildman–Crippen LogP) is 3.07. The Morgan fingerprint density at radius 3 is 2.48 bits per heavy atom. The molecule has 174 valence electrons. The molecule has 33 heavy (non-hydrogen) atoms. The van der Waals surface area contributed by atoms with E-state index in [1.165, 1.54) is 9.21 Å². The summed E-state index contributed by atoms with van der Waals surface area (Å²) in [5, 5.41) is 0. The number of anilines is 2. The second-order valence-electron chi connectivity index (χ2n) is 9.75. The van der Waals surface area contributed by atoms with Gasteiger partial charge in [-0.25, -0.2) is 8.42 Å². The van der Waals surface area contributed by atoms with Crippen LogP contribution in [0.5, 0.6) is 0 Å². The number of hydrogen-bond donors (Lipinski definition) is 0. The van der Waals surface area contributed by atoms with Gasteiger partial charge < -0.3 is 9.80 Å². The molecule has 0 N–H and O–H groups in total. The fourth-order valence-electron chi connectivity index (χ4n) is 5.37. The van der Waals surface area contributed by atoms with E-state index in [2.05, 4.69) is 0 Å². The molecule has 7 nitrogen and oxygen atoms in total. The lowest BCUT2D eigenvalue weighted by atomic mass is 9.86. The Morgan fingerprint density at radius 2 is 1.76 bits per heavy atom. The highest BCUT2D eigenvalue weighted by atomic mass is 32.2. The molecule has 3 heterocycles. The van der Waals surface area contributed by atoms with E-state index in [0.29, 0.717) is 24.3 Å². The van der Waals surface area contributed by atoms with Crippen molar-refractivity contribution in [3.8, 4) is 0 Å². The number of fused-ring (bicyclic) bond motifs is 2. The van der Waals surface area contributed by atoms with E-state index in [4.69, 9.17) is 0 Å². The second kappa shape index (κ2) is 7.67. The number of nitrogens with zero attached hydrogens (tertiary/aromatic N) is 3. The molecule has 1 atom stereocenters. The van der Waals surface area contributed by atoms with Crippen LogP contribution in [0.1, 0.15) is 44.7 Å². The van der Waals surface area contributed by atoms with Gasteiger partial charge in [0.1, 0.15) is 6.54 Å². The average molecular weight is 468 g/mol. The number of rotatable bonds is 4. The van der Waals surface area contributed by atoms with Crippen molar-refractivity contribution in [2.24, 2.45) is 0 Å². The van der Waals surface area contributed by atoms with Crippen LogP contribution >= 0.6 is 0 Å². The average Bonchev–Trinajstić information content (AvgIpc) is 3.47. The molecule has 5 rings (SSSR count). The maximum atomic E-state index is 13.4. The summed E-state index contributed by atoms with van der Waals surface area (Å²) < 4.78 is 27.7. The minimum atomic E-state index is -3.59. The second-order valence-corrected chi connectivity index (χ2v) is 11.7. The predicted molar refractivity (Wildman–Crippen MR) is 127 cm³/mol. The SMILES string of the molecule is C[C@H]1Cc2ccccc2N1C(=O)CN1C(=O)C(C)(C)c2cc(S(=O)(=O)N3CCCC3)ccc21. The first-order valence-electron chi connectivity index (χ1n) is 11.5. The third kappa shape index (κ3) is 3.38. The summed E-state index contributed by atoms with van der Waals surface area (Å²) in [5.41, 5.74) is 2.37. The molecule has 0 aliphatic carbocycles. The topological polar surface area (TPSA) is 78.0 Å². The molecule has 2 aromatic rings. The maximum Gasteiger partial charge on any atom is 0.247 e. The summed E-state index contributed by atoms with van der Waals surface area (Å²) in [4.78, 5) is 30.2. The van der Waals surface area contributed by atoms with Gasteiger partial charge in [0.05, 0.1) is 10.3 Å². The number of carbonyl (C=O) groups is 2. The van der Waals surface area contributed by atoms with Gasteiger partial charge in [-0.1, -0.05) is 18.2 Å². The van der Waals surface area contributed by atoms with Gasteiger partial charge in [-0.05, 0) is 75.4 Å². The van der Waals surface area contributed by atoms with Gasteiger partial charge in [-0.15, -0.1) is 0 Å². The molecule has 1 saturated heterocycles. The molecular weight excluding hydrogens is 438 g/mol. The van der Waals surface area contributed by atoms with E-state index < -0.39 is 15.4 Å². The van der Waals surface area contributed by atoms with Gasteiger partial charge in [0.25, 0.3) is 0 Å². The van der Waals surface area contributed by atoms with Gasteiger partial charge >= 0.3 is 0 Å². The zero-order chi connectivity index (χ0) is 23.5. The van der Waals surface area contributed by atoms with Crippen molar-refractivity contribution in [2.45, 2.75) is 56.4 Å². The van der Waals surface area contributed by atoms with E-state index in [0.717, 1.165) is 30.5 Å². The fraction of sp³-hybridized carbons (Fsp3) is 0.440. The number of carbonyl (C=O) groups excluding carboxylic acids is 2. The van der Waals surface area contributed by atoms with E-state index in [1.54, 1.807) is 36.9 Å². The lowest BCUT2D eigenvalue weighted by Crippen LogP contribution is -2.46. The van der Waals surface area contributed by atoms with Crippen LogP contribution < -0.4 is 9.80 Å². The molecular formula is C25H29N3O4S. The molecule has 0 radical (unpaired) electrons. The van der Waals surface area contributed by atoms with Crippen LogP contribution in [-0.4, -0.2) is 50.2 Å². The van der Waals surface area contributed by atoms with Gasteiger partial charge in [0, 0.05) is 30.5 Å². The highest BCUT2D eigenvalue weighted by molar-refractivity contribution is 7.89. The van der Waals surface area contributed by atoms with Crippen molar-refractivity contribution in [3.63, 3.8) is 0 Å². The first-order valence-corrected chi connectivity index (χ1v) is 12.9. The minimum Gasteiger partial charge on any atom is -0.307 e. The highest BCUT2D eigenvalue weighted by Crippen LogP contribution is 2.43. The number of para-hydroxylation sites is 1. The lowest BCUT2D eigenvalue weighted by molar-refractivity contribution is -0.124. The first kappa shape index (κ1) is 22.1. The third-order valence-corrected chi connectivity index (χ3v) is 9.08. The number of amides is 2. The number of hydrogen-bond acceptors (Lipinski definition) is 4. The zero-order valence-corrected chi connectivity index (χ0v) is 20.1. The Balaban J connectivity index is 1.47. The molecule has 3 aliphatic heterocycles. The van der Waals surface area contributed by atoms with Crippen molar-refractivity contribution >= 4 is 33.2 Å². The van der Waals surface area contributed by atoms with Gasteiger partial charge in [-0.3, -0.25) is 9.59 Å². The van der Waals surface area contributed by atoms with Crippen LogP contribution in [-0.2, 0) is 31.4 Å². The van der Waals surface area contributed by atoms with Crippen molar-refractivity contribution in [2.75, 3.05) is 29.4 Å². The van der Waals surface area contributed by atoms with E-state index >= 15 is 0 Å². The van der Waals surface area contributed by atoms with Gasteiger partial charge in [0.2, 0.25) is 21.8 Å². The standard InChI is InChI=1S/C25H29N3O4S/c1-17-14-18-8-4-5-9-21(18)28(17)23(29)16-27-22-11-10-19(15-20(22)25(2,3)24(27)30)33(31,32)26-12-6-7-13-26/h4-5,8-11,15,17H,6-7,12-14,16H2,1-3H3/t17-/m0/s1. The number of benzene rings is 2. The largest absolute Gasteiger partial charge is 0.307 e. The van der Waals surface area contributed by atoms with E-state index in [9.17, 15) is 18.0 Å². The third-order valence-electron chi connectivity index (χ3n) is 7.18. The quantitative estimate of drug-likeness (QED) is 0.692. The summed E-state index contributed by atoms with van der Waals surface area (Å²) in [6.45, 7) is 6.57. The molecule has 1 fully saturated rings. The summed E-state index contributed by atoms with van der Waals surface area (Å²) >= 11 is 0. The Kier molecular flexibility index (Phi) is 5.14. The van der Waals surface area contributed by atoms with Crippen LogP contribution in [0.3, 0.4) is 0 Å². The summed E-state index contributed by atoms with van der Waals surface area (Å²) in [6, 6.07) is 12.7. The molecule has 2 aromatic carbocycles. The normalized spacial score (nSPS) is 22.0.